The van der Waals surface area contributed by atoms with E-state index in [1.807, 2.05) is 60.7 Å². The van der Waals surface area contributed by atoms with Crippen LogP contribution in [-0.2, 0) is 0 Å². The minimum Gasteiger partial charge on any atom is -0.337 e. The Balaban J connectivity index is 1.45. The molecular weight excluding hydrogens is 544 g/mol. The predicted molar refractivity (Wildman–Crippen MR) is 177 cm³/mol. The second kappa shape index (κ2) is 9.84. The Morgan fingerprint density at radius 2 is 1.32 bits per heavy atom. The molecule has 0 saturated heterocycles. The zero-order chi connectivity index (χ0) is 29.0. The molecule has 0 bridgehead atoms. The molecule has 8 nitrogen and oxygen atoms in total. The first kappa shape index (κ1) is 24.7. The van der Waals surface area contributed by atoms with E-state index in [4.69, 9.17) is 19.9 Å². The molecule has 44 heavy (non-hydrogen) atoms. The summed E-state index contributed by atoms with van der Waals surface area (Å²) in [5, 5.41) is 9.12. The normalized spacial score (nSPS) is 15.7. The van der Waals surface area contributed by atoms with Crippen LogP contribution in [0.5, 0.6) is 0 Å². The molecule has 0 spiro atoms. The number of nitrogens with zero attached hydrogens (tertiary/aromatic N) is 7. The summed E-state index contributed by atoms with van der Waals surface area (Å²) < 4.78 is 4.51. The van der Waals surface area contributed by atoms with Crippen LogP contribution in [0.2, 0.25) is 0 Å². The van der Waals surface area contributed by atoms with Crippen LogP contribution in [0, 0.1) is 0 Å². The standard InChI is InChI=1S/C36H26N8/c1-3-11-23(12-4-1)33-40-34(24-13-5-2-6-14-24)42-36(41-33)44-30-18-10-8-16-26(30)28-20-19-27-25-15-7-9-17-29(25)43(31(27)32(28)44)35-38-21-37-22-39-35/h1-7,9,11-22,35H,8,10H2,(H,37,38,39). The molecular formula is C36H26N8. The molecule has 1 aliphatic carbocycles. The Hall–Kier alpha value is -5.89. The molecule has 0 amide bonds. The second-order valence-electron chi connectivity index (χ2n) is 11.0. The largest absolute Gasteiger partial charge is 0.337 e. The summed E-state index contributed by atoms with van der Waals surface area (Å²) in [7, 11) is 0. The first-order valence-electron chi connectivity index (χ1n) is 14.8. The lowest BCUT2D eigenvalue weighted by atomic mass is 10.1. The smallest absolute Gasteiger partial charge is 0.238 e. The fourth-order valence-electron chi connectivity index (χ4n) is 6.55. The predicted octanol–water partition coefficient (Wildman–Crippen LogP) is 5.73. The average molecular weight is 571 g/mol. The third-order valence-electron chi connectivity index (χ3n) is 8.43. The first-order chi connectivity index (χ1) is 21.8. The molecule has 9 rings (SSSR count). The zero-order valence-electron chi connectivity index (χ0n) is 23.7. The van der Waals surface area contributed by atoms with Crippen LogP contribution in [-0.4, -0.2) is 36.8 Å². The molecule has 210 valence electrons. The number of benzene rings is 4. The maximum atomic E-state index is 5.16. The molecule has 2 aliphatic rings. The Bertz CT molecular complexity index is 2360. The van der Waals surface area contributed by atoms with E-state index in [0.29, 0.717) is 17.6 Å². The highest BCUT2D eigenvalue weighted by molar-refractivity contribution is 6.17. The number of hydrogen-bond donors (Lipinski definition) is 1. The first-order valence-corrected chi connectivity index (χ1v) is 14.8. The van der Waals surface area contributed by atoms with Gasteiger partial charge in [0.2, 0.25) is 12.2 Å². The topological polar surface area (TPSA) is 85.3 Å². The average Bonchev–Trinajstić information content (AvgIpc) is 3.62. The van der Waals surface area contributed by atoms with Gasteiger partial charge in [0.15, 0.2) is 11.6 Å². The van der Waals surface area contributed by atoms with Crippen LogP contribution >= 0.6 is 0 Å². The molecule has 4 aromatic carbocycles. The number of aromatic nitrogens is 5. The number of hydrogen-bond acceptors (Lipinski definition) is 6. The van der Waals surface area contributed by atoms with Crippen LogP contribution in [0.25, 0.3) is 73.6 Å². The number of fused-ring (bicyclic) bond motifs is 7. The molecule has 0 radical (unpaired) electrons. The monoisotopic (exact) mass is 570 g/mol. The van der Waals surface area contributed by atoms with Gasteiger partial charge in [-0.3, -0.25) is 9.13 Å². The van der Waals surface area contributed by atoms with Crippen LogP contribution in [0.1, 0.15) is 19.1 Å². The van der Waals surface area contributed by atoms with Crippen molar-refractivity contribution in [2.75, 3.05) is 0 Å². The third kappa shape index (κ3) is 3.74. The summed E-state index contributed by atoms with van der Waals surface area (Å²) in [6.07, 6.45) is 9.54. The molecule has 7 aromatic rings. The number of para-hydroxylation sites is 1. The second-order valence-corrected chi connectivity index (χ2v) is 11.0. The van der Waals surface area contributed by atoms with E-state index < -0.39 is 0 Å². The van der Waals surface area contributed by atoms with Gasteiger partial charge in [-0.25, -0.2) is 15.0 Å². The Kier molecular flexibility index (Phi) is 5.52. The van der Waals surface area contributed by atoms with Gasteiger partial charge in [0.1, 0.15) is 6.34 Å². The van der Waals surface area contributed by atoms with E-state index in [0.717, 1.165) is 62.0 Å². The zero-order valence-corrected chi connectivity index (χ0v) is 23.7. The Morgan fingerprint density at radius 3 is 2.05 bits per heavy atom. The van der Waals surface area contributed by atoms with Crippen molar-refractivity contribution in [3.8, 4) is 28.7 Å². The van der Waals surface area contributed by atoms with E-state index >= 15 is 0 Å². The van der Waals surface area contributed by atoms with Gasteiger partial charge in [0, 0.05) is 32.5 Å². The van der Waals surface area contributed by atoms with Crippen molar-refractivity contribution in [1.82, 2.24) is 29.4 Å². The highest BCUT2D eigenvalue weighted by Crippen LogP contribution is 2.36. The van der Waals surface area contributed by atoms with E-state index in [1.165, 1.54) is 5.22 Å². The lowest BCUT2D eigenvalue weighted by molar-refractivity contribution is 0.524. The lowest BCUT2D eigenvalue weighted by Gasteiger charge is -2.19. The maximum absolute atomic E-state index is 5.16. The van der Waals surface area contributed by atoms with Gasteiger partial charge in [-0.15, -0.1) is 0 Å². The molecule has 0 fully saturated rings. The fraction of sp³-hybridized carbons (Fsp3) is 0.0833. The number of rotatable bonds is 4. The van der Waals surface area contributed by atoms with E-state index in [-0.39, 0.29) is 6.29 Å². The lowest BCUT2D eigenvalue weighted by Crippen LogP contribution is -2.31. The summed E-state index contributed by atoms with van der Waals surface area (Å²) in [6, 6.07) is 33.2. The highest BCUT2D eigenvalue weighted by atomic mass is 15.3. The van der Waals surface area contributed by atoms with Gasteiger partial charge < -0.3 is 5.32 Å². The molecule has 0 saturated carbocycles. The van der Waals surface area contributed by atoms with Crippen LogP contribution in [0.3, 0.4) is 0 Å². The van der Waals surface area contributed by atoms with E-state index in [1.54, 1.807) is 12.7 Å². The van der Waals surface area contributed by atoms with Crippen molar-refractivity contribution >= 4 is 57.5 Å². The van der Waals surface area contributed by atoms with Crippen molar-refractivity contribution in [3.05, 3.63) is 108 Å². The molecule has 1 atom stereocenters. The van der Waals surface area contributed by atoms with Gasteiger partial charge in [-0.1, -0.05) is 103 Å². The molecule has 1 unspecified atom stereocenters. The quantitative estimate of drug-likeness (QED) is 0.293. The van der Waals surface area contributed by atoms with E-state index in [2.05, 4.69) is 68.0 Å². The van der Waals surface area contributed by atoms with Crippen molar-refractivity contribution in [2.24, 2.45) is 9.98 Å². The van der Waals surface area contributed by atoms with Gasteiger partial charge >= 0.3 is 0 Å². The summed E-state index contributed by atoms with van der Waals surface area (Å²) in [6.45, 7) is 0. The minimum atomic E-state index is -0.355. The summed E-state index contributed by atoms with van der Waals surface area (Å²) in [5.74, 6) is 1.85. The summed E-state index contributed by atoms with van der Waals surface area (Å²) in [4.78, 5) is 24.2. The van der Waals surface area contributed by atoms with Crippen molar-refractivity contribution < 1.29 is 0 Å². The molecule has 1 N–H and O–H groups in total. The molecule has 3 aromatic heterocycles. The van der Waals surface area contributed by atoms with Gasteiger partial charge in [-0.05, 0) is 18.9 Å². The molecule has 1 aliphatic heterocycles. The SMILES string of the molecule is C1=NC=NC(n2c3ccccc3c3ccc4c5c(n(-c6nc(-c7ccccc7)nc(-c7ccccc7)n6)c4c32)=CCCC=5)N1. The summed E-state index contributed by atoms with van der Waals surface area (Å²) >= 11 is 0. The Labute approximate surface area is 252 Å². The van der Waals surface area contributed by atoms with Gasteiger partial charge in [0.25, 0.3) is 0 Å². The van der Waals surface area contributed by atoms with Crippen molar-refractivity contribution in [1.29, 1.82) is 0 Å². The highest BCUT2D eigenvalue weighted by Gasteiger charge is 2.25. The van der Waals surface area contributed by atoms with Crippen molar-refractivity contribution in [3.63, 3.8) is 0 Å². The maximum Gasteiger partial charge on any atom is 0.238 e. The molecule has 8 heteroatoms. The molecule has 4 heterocycles. The van der Waals surface area contributed by atoms with Crippen LogP contribution in [0.4, 0.5) is 0 Å². The Morgan fingerprint density at radius 1 is 0.636 bits per heavy atom. The van der Waals surface area contributed by atoms with E-state index in [9.17, 15) is 0 Å². The third-order valence-corrected chi connectivity index (χ3v) is 8.43. The van der Waals surface area contributed by atoms with Gasteiger partial charge in [0.05, 0.1) is 28.2 Å². The minimum absolute atomic E-state index is 0.355. The van der Waals surface area contributed by atoms with Crippen LogP contribution in [0.15, 0.2) is 107 Å². The van der Waals surface area contributed by atoms with Gasteiger partial charge in [-0.2, -0.15) is 9.97 Å². The number of aliphatic imine (C=N–C) groups is 2. The number of nitrogens with one attached hydrogen (secondary N) is 1. The van der Waals surface area contributed by atoms with Crippen molar-refractivity contribution in [2.45, 2.75) is 19.1 Å². The summed E-state index contributed by atoms with van der Waals surface area (Å²) in [5.41, 5.74) is 5.07. The fourth-order valence-corrected chi connectivity index (χ4v) is 6.55. The van der Waals surface area contributed by atoms with Crippen LogP contribution < -0.4 is 15.9 Å².